The highest BCUT2D eigenvalue weighted by Crippen LogP contribution is 2.34. The molecule has 86 valence electrons. The molecule has 3 heteroatoms. The Balaban J connectivity index is 2.63. The van der Waals surface area contributed by atoms with E-state index in [1.807, 2.05) is 0 Å². The summed E-state index contributed by atoms with van der Waals surface area (Å²) in [6, 6.07) is 0. The van der Waals surface area contributed by atoms with Crippen LogP contribution in [0.1, 0.15) is 46.0 Å². The predicted molar refractivity (Wildman–Crippen MR) is 57.2 cm³/mol. The zero-order valence-electron chi connectivity index (χ0n) is 9.42. The SMILES string of the molecule is CC(C)CC1CCC/C(=C(\F)C(=O)O)C1. The third-order valence-corrected chi connectivity index (χ3v) is 2.93. The molecule has 15 heavy (non-hydrogen) atoms. The van der Waals surface area contributed by atoms with Crippen LogP contribution in [0.25, 0.3) is 0 Å². The van der Waals surface area contributed by atoms with Crippen molar-refractivity contribution >= 4 is 5.97 Å². The molecule has 1 atom stereocenters. The van der Waals surface area contributed by atoms with Crippen LogP contribution in [0.2, 0.25) is 0 Å². The van der Waals surface area contributed by atoms with E-state index >= 15 is 0 Å². The summed E-state index contributed by atoms with van der Waals surface area (Å²) in [5, 5.41) is 8.57. The van der Waals surface area contributed by atoms with Gasteiger partial charge in [0, 0.05) is 0 Å². The Labute approximate surface area is 90.2 Å². The van der Waals surface area contributed by atoms with Crippen LogP contribution < -0.4 is 0 Å². The normalized spacial score (nSPS) is 25.5. The minimum Gasteiger partial charge on any atom is -0.476 e. The van der Waals surface area contributed by atoms with Crippen molar-refractivity contribution in [3.63, 3.8) is 0 Å². The lowest BCUT2D eigenvalue weighted by atomic mass is 9.80. The van der Waals surface area contributed by atoms with Gasteiger partial charge in [-0.3, -0.25) is 0 Å². The van der Waals surface area contributed by atoms with Crippen LogP contribution in [0.15, 0.2) is 11.4 Å². The van der Waals surface area contributed by atoms with Crippen molar-refractivity contribution in [2.45, 2.75) is 46.0 Å². The first-order valence-corrected chi connectivity index (χ1v) is 5.61. The van der Waals surface area contributed by atoms with Gasteiger partial charge in [0.1, 0.15) is 0 Å². The minimum atomic E-state index is -1.41. The van der Waals surface area contributed by atoms with Crippen molar-refractivity contribution in [1.29, 1.82) is 0 Å². The van der Waals surface area contributed by atoms with Gasteiger partial charge < -0.3 is 5.11 Å². The van der Waals surface area contributed by atoms with Gasteiger partial charge in [-0.05, 0) is 49.5 Å². The van der Waals surface area contributed by atoms with Gasteiger partial charge in [-0.1, -0.05) is 13.8 Å². The lowest BCUT2D eigenvalue weighted by Gasteiger charge is -2.25. The quantitative estimate of drug-likeness (QED) is 0.730. The maximum Gasteiger partial charge on any atom is 0.364 e. The van der Waals surface area contributed by atoms with Crippen LogP contribution in [0, 0.1) is 11.8 Å². The number of rotatable bonds is 3. The molecule has 1 saturated carbocycles. The smallest absolute Gasteiger partial charge is 0.364 e. The highest BCUT2D eigenvalue weighted by molar-refractivity contribution is 5.84. The molecule has 0 aromatic carbocycles. The summed E-state index contributed by atoms with van der Waals surface area (Å²) in [5.74, 6) is -1.25. The van der Waals surface area contributed by atoms with E-state index in [9.17, 15) is 9.18 Å². The third-order valence-electron chi connectivity index (χ3n) is 2.93. The van der Waals surface area contributed by atoms with Crippen molar-refractivity contribution in [1.82, 2.24) is 0 Å². The largest absolute Gasteiger partial charge is 0.476 e. The highest BCUT2D eigenvalue weighted by Gasteiger charge is 2.23. The first-order valence-electron chi connectivity index (χ1n) is 5.61. The molecular weight excluding hydrogens is 195 g/mol. The fourth-order valence-electron chi connectivity index (χ4n) is 2.38. The van der Waals surface area contributed by atoms with E-state index < -0.39 is 11.8 Å². The lowest BCUT2D eigenvalue weighted by Crippen LogP contribution is -2.13. The molecule has 0 spiro atoms. The van der Waals surface area contributed by atoms with E-state index in [0.717, 1.165) is 19.3 Å². The Morgan fingerprint density at radius 2 is 2.27 bits per heavy atom. The molecule has 1 unspecified atom stereocenters. The number of carboxylic acid groups (broad SMARTS) is 1. The highest BCUT2D eigenvalue weighted by atomic mass is 19.1. The van der Waals surface area contributed by atoms with Gasteiger partial charge in [-0.15, -0.1) is 0 Å². The Kier molecular flexibility index (Phi) is 4.30. The molecule has 0 saturated heterocycles. The standard InChI is InChI=1S/C12H19FO2/c1-8(2)6-9-4-3-5-10(7-9)11(13)12(14)15/h8-9H,3-7H2,1-2H3,(H,14,15)/b11-10+. The number of allylic oxidation sites excluding steroid dienone is 1. The van der Waals surface area contributed by atoms with Crippen molar-refractivity contribution in [3.05, 3.63) is 11.4 Å². The topological polar surface area (TPSA) is 37.3 Å². The van der Waals surface area contributed by atoms with Gasteiger partial charge in [0.25, 0.3) is 0 Å². The average molecular weight is 214 g/mol. The van der Waals surface area contributed by atoms with E-state index in [0.29, 0.717) is 30.3 Å². The molecule has 1 N–H and O–H groups in total. The lowest BCUT2D eigenvalue weighted by molar-refractivity contribution is -0.134. The van der Waals surface area contributed by atoms with E-state index in [1.165, 1.54) is 0 Å². The summed E-state index contributed by atoms with van der Waals surface area (Å²) in [4.78, 5) is 10.5. The molecular formula is C12H19FO2. The molecule has 0 heterocycles. The number of hydrogen-bond donors (Lipinski definition) is 1. The van der Waals surface area contributed by atoms with E-state index in [4.69, 9.17) is 5.11 Å². The van der Waals surface area contributed by atoms with Gasteiger partial charge in [0.15, 0.2) is 0 Å². The predicted octanol–water partition coefficient (Wildman–Crippen LogP) is 3.53. The monoisotopic (exact) mass is 214 g/mol. The number of aliphatic carboxylic acids is 1. The van der Waals surface area contributed by atoms with E-state index in [1.54, 1.807) is 0 Å². The van der Waals surface area contributed by atoms with Crippen LogP contribution in [-0.4, -0.2) is 11.1 Å². The number of carboxylic acids is 1. The molecule has 1 aliphatic rings. The summed E-state index contributed by atoms with van der Waals surface area (Å²) in [6.45, 7) is 4.29. The van der Waals surface area contributed by atoms with Gasteiger partial charge in [0.05, 0.1) is 0 Å². The van der Waals surface area contributed by atoms with Crippen molar-refractivity contribution in [2.75, 3.05) is 0 Å². The third kappa shape index (κ3) is 3.65. The minimum absolute atomic E-state index is 0.471. The summed E-state index contributed by atoms with van der Waals surface area (Å²) < 4.78 is 13.2. The number of carbonyl (C=O) groups is 1. The molecule has 0 aromatic heterocycles. The second-order valence-corrected chi connectivity index (χ2v) is 4.81. The molecule has 0 aliphatic heterocycles. The Morgan fingerprint density at radius 1 is 1.60 bits per heavy atom. The van der Waals surface area contributed by atoms with Crippen LogP contribution >= 0.6 is 0 Å². The Hall–Kier alpha value is -0.860. The van der Waals surface area contributed by atoms with Crippen LogP contribution in [0.3, 0.4) is 0 Å². The maximum atomic E-state index is 13.2. The van der Waals surface area contributed by atoms with Gasteiger partial charge in [0.2, 0.25) is 5.83 Å². The molecule has 1 fully saturated rings. The molecule has 1 rings (SSSR count). The number of halogens is 1. The summed E-state index contributed by atoms with van der Waals surface area (Å²) in [7, 11) is 0. The Morgan fingerprint density at radius 3 is 2.80 bits per heavy atom. The molecule has 2 nitrogen and oxygen atoms in total. The van der Waals surface area contributed by atoms with E-state index in [-0.39, 0.29) is 0 Å². The van der Waals surface area contributed by atoms with Crippen molar-refractivity contribution < 1.29 is 14.3 Å². The molecule has 1 aliphatic carbocycles. The molecule has 0 bridgehead atoms. The Bertz CT molecular complexity index is 269. The van der Waals surface area contributed by atoms with Crippen LogP contribution in [0.4, 0.5) is 4.39 Å². The number of hydrogen-bond acceptors (Lipinski definition) is 1. The average Bonchev–Trinajstić information content (AvgIpc) is 2.16. The maximum absolute atomic E-state index is 13.2. The fraction of sp³-hybridized carbons (Fsp3) is 0.750. The van der Waals surface area contributed by atoms with Gasteiger partial charge in [-0.2, -0.15) is 4.39 Å². The second kappa shape index (κ2) is 5.29. The summed E-state index contributed by atoms with van der Waals surface area (Å²) in [6.07, 6.45) is 4.35. The van der Waals surface area contributed by atoms with Crippen molar-refractivity contribution in [3.8, 4) is 0 Å². The molecule has 0 radical (unpaired) electrons. The fourth-order valence-corrected chi connectivity index (χ4v) is 2.38. The second-order valence-electron chi connectivity index (χ2n) is 4.81. The summed E-state index contributed by atoms with van der Waals surface area (Å²) >= 11 is 0. The van der Waals surface area contributed by atoms with Crippen LogP contribution in [-0.2, 0) is 4.79 Å². The zero-order chi connectivity index (χ0) is 11.4. The van der Waals surface area contributed by atoms with Gasteiger partial charge >= 0.3 is 5.97 Å². The van der Waals surface area contributed by atoms with Gasteiger partial charge in [-0.25, -0.2) is 4.79 Å². The van der Waals surface area contributed by atoms with E-state index in [2.05, 4.69) is 13.8 Å². The summed E-state index contributed by atoms with van der Waals surface area (Å²) in [5.41, 5.74) is 0.513. The van der Waals surface area contributed by atoms with Crippen LogP contribution in [0.5, 0.6) is 0 Å². The van der Waals surface area contributed by atoms with Crippen molar-refractivity contribution in [2.24, 2.45) is 11.8 Å². The zero-order valence-corrected chi connectivity index (χ0v) is 9.42. The molecule has 0 amide bonds. The first kappa shape index (κ1) is 12.2. The molecule has 0 aromatic rings. The first-order chi connectivity index (χ1) is 7.00.